The predicted octanol–water partition coefficient (Wildman–Crippen LogP) is 3.17. The smallest absolute Gasteiger partial charge is 0.354 e. The van der Waals surface area contributed by atoms with E-state index in [1.54, 1.807) is 6.07 Å². The molecule has 20 heavy (non-hydrogen) atoms. The summed E-state index contributed by atoms with van der Waals surface area (Å²) in [6.07, 6.45) is 2.53. The minimum absolute atomic E-state index is 0.105. The van der Waals surface area contributed by atoms with E-state index in [0.717, 1.165) is 22.5 Å². The lowest BCUT2D eigenvalue weighted by Crippen LogP contribution is -2.31. The Bertz CT molecular complexity index is 665. The first-order valence-corrected chi connectivity index (χ1v) is 6.94. The molecule has 4 heteroatoms. The SMILES string of the molecule is CC(C1CC1)N(C)c1cc(C(=O)O)nc2ccccc12. The Morgan fingerprint density at radius 1 is 1.40 bits per heavy atom. The third-order valence-corrected chi connectivity index (χ3v) is 4.21. The van der Waals surface area contributed by atoms with Crippen molar-refractivity contribution >= 4 is 22.6 Å². The van der Waals surface area contributed by atoms with Gasteiger partial charge < -0.3 is 10.0 Å². The average Bonchev–Trinajstić information content (AvgIpc) is 3.29. The maximum atomic E-state index is 11.3. The van der Waals surface area contributed by atoms with Crippen LogP contribution in [-0.4, -0.2) is 29.1 Å². The van der Waals surface area contributed by atoms with E-state index < -0.39 is 5.97 Å². The predicted molar refractivity (Wildman–Crippen MR) is 79.3 cm³/mol. The van der Waals surface area contributed by atoms with E-state index in [9.17, 15) is 9.90 Å². The molecule has 0 aliphatic heterocycles. The van der Waals surface area contributed by atoms with Gasteiger partial charge in [-0.1, -0.05) is 18.2 Å². The van der Waals surface area contributed by atoms with Crippen molar-refractivity contribution in [2.45, 2.75) is 25.8 Å². The topological polar surface area (TPSA) is 53.4 Å². The van der Waals surface area contributed by atoms with Gasteiger partial charge >= 0.3 is 5.97 Å². The lowest BCUT2D eigenvalue weighted by Gasteiger charge is -2.28. The highest BCUT2D eigenvalue weighted by molar-refractivity contribution is 5.97. The van der Waals surface area contributed by atoms with Gasteiger partial charge in [0.05, 0.1) is 5.52 Å². The monoisotopic (exact) mass is 270 g/mol. The molecular weight excluding hydrogens is 252 g/mol. The number of hydrogen-bond donors (Lipinski definition) is 1. The van der Waals surface area contributed by atoms with Crippen molar-refractivity contribution in [3.63, 3.8) is 0 Å². The van der Waals surface area contributed by atoms with Crippen molar-refractivity contribution in [3.05, 3.63) is 36.0 Å². The van der Waals surface area contributed by atoms with Crippen LogP contribution in [0.3, 0.4) is 0 Å². The number of rotatable bonds is 4. The first-order valence-electron chi connectivity index (χ1n) is 6.94. The number of carbonyl (C=O) groups is 1. The molecule has 2 aromatic rings. The van der Waals surface area contributed by atoms with Crippen LogP contribution in [0.15, 0.2) is 30.3 Å². The van der Waals surface area contributed by atoms with Gasteiger partial charge in [-0.05, 0) is 37.8 Å². The number of anilines is 1. The normalized spacial score (nSPS) is 16.1. The molecule has 1 aromatic heterocycles. The number of benzene rings is 1. The van der Waals surface area contributed by atoms with Crippen molar-refractivity contribution in [1.82, 2.24) is 4.98 Å². The number of nitrogens with zero attached hydrogens (tertiary/aromatic N) is 2. The third kappa shape index (κ3) is 2.22. The Morgan fingerprint density at radius 2 is 2.10 bits per heavy atom. The van der Waals surface area contributed by atoms with Gasteiger partial charge in [-0.2, -0.15) is 0 Å². The molecule has 1 aliphatic carbocycles. The number of fused-ring (bicyclic) bond motifs is 1. The lowest BCUT2D eigenvalue weighted by molar-refractivity contribution is 0.0691. The van der Waals surface area contributed by atoms with Crippen molar-refractivity contribution in [3.8, 4) is 0 Å². The zero-order valence-electron chi connectivity index (χ0n) is 11.7. The summed E-state index contributed by atoms with van der Waals surface area (Å²) in [7, 11) is 2.04. The van der Waals surface area contributed by atoms with Crippen molar-refractivity contribution in [1.29, 1.82) is 0 Å². The summed E-state index contributed by atoms with van der Waals surface area (Å²) in [4.78, 5) is 17.7. The van der Waals surface area contributed by atoms with E-state index >= 15 is 0 Å². The molecule has 1 heterocycles. The summed E-state index contributed by atoms with van der Waals surface area (Å²) in [5, 5.41) is 10.2. The molecule has 0 amide bonds. The molecule has 4 nitrogen and oxygen atoms in total. The molecule has 1 aliphatic rings. The molecule has 0 radical (unpaired) electrons. The summed E-state index contributed by atoms with van der Waals surface area (Å²) in [5.74, 6) is -0.260. The number of carboxylic acid groups (broad SMARTS) is 1. The van der Waals surface area contributed by atoms with E-state index in [0.29, 0.717) is 6.04 Å². The Labute approximate surface area is 118 Å². The van der Waals surface area contributed by atoms with Gasteiger partial charge in [0.25, 0.3) is 0 Å². The second-order valence-electron chi connectivity index (χ2n) is 5.54. The average molecular weight is 270 g/mol. The molecule has 1 aromatic carbocycles. The summed E-state index contributed by atoms with van der Waals surface area (Å²) < 4.78 is 0. The maximum Gasteiger partial charge on any atom is 0.354 e. The summed E-state index contributed by atoms with van der Waals surface area (Å²) >= 11 is 0. The number of hydrogen-bond acceptors (Lipinski definition) is 3. The van der Waals surface area contributed by atoms with E-state index in [1.165, 1.54) is 12.8 Å². The Morgan fingerprint density at radius 3 is 2.75 bits per heavy atom. The summed E-state index contributed by atoms with van der Waals surface area (Å²) in [6, 6.07) is 9.81. The molecule has 0 bridgehead atoms. The van der Waals surface area contributed by atoms with Crippen molar-refractivity contribution < 1.29 is 9.90 Å². The van der Waals surface area contributed by atoms with Crippen LogP contribution in [0.1, 0.15) is 30.3 Å². The van der Waals surface area contributed by atoms with Crippen molar-refractivity contribution in [2.24, 2.45) is 5.92 Å². The van der Waals surface area contributed by atoms with Crippen LogP contribution in [0.2, 0.25) is 0 Å². The van der Waals surface area contributed by atoms with Crippen LogP contribution < -0.4 is 4.90 Å². The Kier molecular flexibility index (Phi) is 3.08. The van der Waals surface area contributed by atoms with E-state index in [-0.39, 0.29) is 5.69 Å². The molecule has 1 saturated carbocycles. The van der Waals surface area contributed by atoms with Crippen LogP contribution in [-0.2, 0) is 0 Å². The van der Waals surface area contributed by atoms with Gasteiger partial charge in [0.1, 0.15) is 0 Å². The molecule has 1 atom stereocenters. The first-order chi connectivity index (χ1) is 9.58. The first kappa shape index (κ1) is 12.9. The van der Waals surface area contributed by atoms with Crippen LogP contribution >= 0.6 is 0 Å². The third-order valence-electron chi connectivity index (χ3n) is 4.21. The molecule has 0 saturated heterocycles. The zero-order chi connectivity index (χ0) is 14.3. The van der Waals surface area contributed by atoms with Crippen molar-refractivity contribution in [2.75, 3.05) is 11.9 Å². The molecule has 1 N–H and O–H groups in total. The highest BCUT2D eigenvalue weighted by Crippen LogP contribution is 2.37. The molecular formula is C16H18N2O2. The van der Waals surface area contributed by atoms with Gasteiger partial charge in [-0.25, -0.2) is 9.78 Å². The number of para-hydroxylation sites is 1. The molecule has 1 fully saturated rings. The van der Waals surface area contributed by atoms with Crippen LogP contribution in [0.5, 0.6) is 0 Å². The fourth-order valence-corrected chi connectivity index (χ4v) is 2.67. The quantitative estimate of drug-likeness (QED) is 0.927. The minimum Gasteiger partial charge on any atom is -0.477 e. The fourth-order valence-electron chi connectivity index (χ4n) is 2.67. The van der Waals surface area contributed by atoms with Gasteiger partial charge in [0, 0.05) is 24.2 Å². The molecule has 3 rings (SSSR count). The Balaban J connectivity index is 2.13. The maximum absolute atomic E-state index is 11.3. The standard InChI is InChI=1S/C16H18N2O2/c1-10(11-7-8-11)18(2)15-9-14(16(19)20)17-13-6-4-3-5-12(13)15/h3-6,9-11H,7-8H2,1-2H3,(H,19,20). The summed E-state index contributed by atoms with van der Waals surface area (Å²) in [5.41, 5.74) is 1.79. The number of pyridine rings is 1. The second kappa shape index (κ2) is 4.78. The number of aromatic carboxylic acids is 1. The largest absolute Gasteiger partial charge is 0.477 e. The van der Waals surface area contributed by atoms with Gasteiger partial charge in [-0.15, -0.1) is 0 Å². The number of aromatic nitrogens is 1. The fraction of sp³-hybridized carbons (Fsp3) is 0.375. The zero-order valence-corrected chi connectivity index (χ0v) is 11.7. The Hall–Kier alpha value is -2.10. The highest BCUT2D eigenvalue weighted by atomic mass is 16.4. The number of carboxylic acids is 1. The molecule has 0 spiro atoms. The molecule has 1 unspecified atom stereocenters. The van der Waals surface area contributed by atoms with E-state index in [2.05, 4.69) is 16.8 Å². The van der Waals surface area contributed by atoms with E-state index in [1.807, 2.05) is 31.3 Å². The highest BCUT2D eigenvalue weighted by Gasteiger charge is 2.31. The lowest BCUT2D eigenvalue weighted by atomic mass is 10.1. The second-order valence-corrected chi connectivity index (χ2v) is 5.54. The summed E-state index contributed by atoms with van der Waals surface area (Å²) in [6.45, 7) is 2.20. The van der Waals surface area contributed by atoms with Crippen LogP contribution in [0, 0.1) is 5.92 Å². The van der Waals surface area contributed by atoms with Gasteiger partial charge in [0.15, 0.2) is 5.69 Å². The van der Waals surface area contributed by atoms with Crippen LogP contribution in [0.25, 0.3) is 10.9 Å². The van der Waals surface area contributed by atoms with E-state index in [4.69, 9.17) is 0 Å². The molecule has 104 valence electrons. The minimum atomic E-state index is -0.982. The van der Waals surface area contributed by atoms with Gasteiger partial charge in [0.2, 0.25) is 0 Å². The van der Waals surface area contributed by atoms with Crippen LogP contribution in [0.4, 0.5) is 5.69 Å². The van der Waals surface area contributed by atoms with Gasteiger partial charge in [-0.3, -0.25) is 0 Å².